The van der Waals surface area contributed by atoms with E-state index in [2.05, 4.69) is 4.98 Å². The summed E-state index contributed by atoms with van der Waals surface area (Å²) in [6.07, 6.45) is 3.28. The predicted molar refractivity (Wildman–Crippen MR) is 86.0 cm³/mol. The maximum Gasteiger partial charge on any atom is 0.235 e. The van der Waals surface area contributed by atoms with E-state index < -0.39 is 5.78 Å². The van der Waals surface area contributed by atoms with E-state index in [9.17, 15) is 15.0 Å². The third kappa shape index (κ3) is 2.05. The molecule has 0 saturated carbocycles. The van der Waals surface area contributed by atoms with Gasteiger partial charge in [0, 0.05) is 34.8 Å². The predicted octanol–water partition coefficient (Wildman–Crippen LogP) is 3.85. The average molecular weight is 328 g/mol. The van der Waals surface area contributed by atoms with Crippen LogP contribution in [0.5, 0.6) is 17.2 Å². The van der Waals surface area contributed by atoms with E-state index in [1.807, 2.05) is 12.1 Å². The molecule has 1 aliphatic heterocycles. The zero-order chi connectivity index (χ0) is 16.1. The number of Topliss-reactive ketones (excluding diaryl/α,β-unsaturated/α-hetero) is 1. The number of fused-ring (bicyclic) bond motifs is 2. The van der Waals surface area contributed by atoms with Gasteiger partial charge in [-0.15, -0.1) is 0 Å². The number of halogens is 1. The SMILES string of the molecule is O=C1/C(=C/c2c[nH]c3cccc(Cl)c23)Oc2cc(O)cc(O)c21. The zero-order valence-electron chi connectivity index (χ0n) is 11.6. The second-order valence-corrected chi connectivity index (χ2v) is 5.59. The lowest BCUT2D eigenvalue weighted by Gasteiger charge is -2.00. The largest absolute Gasteiger partial charge is 0.508 e. The fraction of sp³-hybridized carbons (Fsp3) is 0. The first-order valence-electron chi connectivity index (χ1n) is 6.80. The van der Waals surface area contributed by atoms with Gasteiger partial charge in [-0.25, -0.2) is 0 Å². The number of aromatic nitrogens is 1. The van der Waals surface area contributed by atoms with Crippen molar-refractivity contribution in [2.24, 2.45) is 0 Å². The third-order valence-corrected chi connectivity index (χ3v) is 4.02. The van der Waals surface area contributed by atoms with E-state index in [-0.39, 0.29) is 28.6 Å². The van der Waals surface area contributed by atoms with Crippen LogP contribution in [0.4, 0.5) is 0 Å². The van der Waals surface area contributed by atoms with E-state index in [0.29, 0.717) is 10.6 Å². The van der Waals surface area contributed by atoms with Crippen LogP contribution in [0.3, 0.4) is 0 Å². The quantitative estimate of drug-likeness (QED) is 0.593. The number of aromatic amines is 1. The van der Waals surface area contributed by atoms with Gasteiger partial charge >= 0.3 is 0 Å². The molecule has 0 amide bonds. The standard InChI is InChI=1S/C17H10ClNO4/c18-10-2-1-3-11-15(10)8(7-19-11)4-14-17(22)16-12(21)5-9(20)6-13(16)23-14/h1-7,19-21H/b14-4-. The van der Waals surface area contributed by atoms with Crippen molar-refractivity contribution >= 4 is 34.4 Å². The minimum Gasteiger partial charge on any atom is -0.508 e. The smallest absolute Gasteiger partial charge is 0.235 e. The molecule has 6 heteroatoms. The molecule has 0 spiro atoms. The van der Waals surface area contributed by atoms with Crippen LogP contribution < -0.4 is 4.74 Å². The fourth-order valence-electron chi connectivity index (χ4n) is 2.70. The van der Waals surface area contributed by atoms with Gasteiger partial charge in [-0.3, -0.25) is 4.79 Å². The Balaban J connectivity index is 1.84. The van der Waals surface area contributed by atoms with Gasteiger partial charge in [-0.05, 0) is 18.2 Å². The summed E-state index contributed by atoms with van der Waals surface area (Å²) in [5.74, 6) is -0.749. The molecule has 1 aromatic heterocycles. The summed E-state index contributed by atoms with van der Waals surface area (Å²) in [7, 11) is 0. The Labute approximate surface area is 135 Å². The van der Waals surface area contributed by atoms with Gasteiger partial charge in [-0.2, -0.15) is 0 Å². The maximum atomic E-state index is 12.4. The molecule has 0 aliphatic carbocycles. The first kappa shape index (κ1) is 13.7. The zero-order valence-corrected chi connectivity index (χ0v) is 12.4. The molecule has 23 heavy (non-hydrogen) atoms. The number of nitrogens with one attached hydrogen (secondary N) is 1. The number of allylic oxidation sites excluding steroid dienone is 1. The molecule has 3 N–H and O–H groups in total. The van der Waals surface area contributed by atoms with Crippen molar-refractivity contribution in [3.8, 4) is 17.2 Å². The van der Waals surface area contributed by atoms with Crippen LogP contribution in [0.15, 0.2) is 42.3 Å². The van der Waals surface area contributed by atoms with Crippen molar-refractivity contribution in [1.29, 1.82) is 0 Å². The highest BCUT2D eigenvalue weighted by Gasteiger charge is 2.31. The molecule has 0 bridgehead atoms. The number of ketones is 1. The Bertz CT molecular complexity index is 1000. The lowest BCUT2D eigenvalue weighted by molar-refractivity contribution is 0.101. The van der Waals surface area contributed by atoms with Crippen LogP contribution in [0.25, 0.3) is 17.0 Å². The molecule has 5 nitrogen and oxygen atoms in total. The maximum absolute atomic E-state index is 12.4. The molecule has 0 atom stereocenters. The molecule has 3 aromatic rings. The number of ether oxygens (including phenoxy) is 1. The highest BCUT2D eigenvalue weighted by molar-refractivity contribution is 6.36. The molecular formula is C17H10ClNO4. The van der Waals surface area contributed by atoms with Crippen molar-refractivity contribution in [3.05, 3.63) is 58.4 Å². The Morgan fingerprint density at radius 3 is 2.87 bits per heavy atom. The number of carbonyl (C=O) groups is 1. The Morgan fingerprint density at radius 1 is 1.22 bits per heavy atom. The minimum atomic E-state index is -0.445. The van der Waals surface area contributed by atoms with E-state index in [1.54, 1.807) is 18.3 Å². The number of aromatic hydroxyl groups is 2. The van der Waals surface area contributed by atoms with Crippen LogP contribution in [0.2, 0.25) is 5.02 Å². The van der Waals surface area contributed by atoms with Gasteiger partial charge in [0.1, 0.15) is 22.8 Å². The first-order chi connectivity index (χ1) is 11.0. The second kappa shape index (κ2) is 4.79. The van der Waals surface area contributed by atoms with Gasteiger partial charge in [-0.1, -0.05) is 17.7 Å². The molecule has 2 heterocycles. The summed E-state index contributed by atoms with van der Waals surface area (Å²) in [6.45, 7) is 0. The van der Waals surface area contributed by atoms with E-state index >= 15 is 0 Å². The Morgan fingerprint density at radius 2 is 2.04 bits per heavy atom. The number of benzene rings is 2. The summed E-state index contributed by atoms with van der Waals surface area (Å²) in [5.41, 5.74) is 1.58. The van der Waals surface area contributed by atoms with Crippen molar-refractivity contribution in [2.75, 3.05) is 0 Å². The van der Waals surface area contributed by atoms with Gasteiger partial charge in [0.05, 0.1) is 5.02 Å². The van der Waals surface area contributed by atoms with Crippen LogP contribution in [0, 0.1) is 0 Å². The normalized spacial score (nSPS) is 15.2. The minimum absolute atomic E-state index is 0.0417. The van der Waals surface area contributed by atoms with Crippen molar-refractivity contribution in [1.82, 2.24) is 4.98 Å². The lowest BCUT2D eigenvalue weighted by atomic mass is 10.1. The van der Waals surface area contributed by atoms with Crippen LogP contribution in [-0.4, -0.2) is 21.0 Å². The lowest BCUT2D eigenvalue weighted by Crippen LogP contribution is -1.98. The van der Waals surface area contributed by atoms with Crippen molar-refractivity contribution in [3.63, 3.8) is 0 Å². The number of H-pyrrole nitrogens is 1. The number of phenols is 2. The number of carbonyl (C=O) groups excluding carboxylic acids is 1. The molecule has 0 radical (unpaired) electrons. The van der Waals surface area contributed by atoms with E-state index in [1.165, 1.54) is 6.07 Å². The average Bonchev–Trinajstić information content (AvgIpc) is 3.03. The topological polar surface area (TPSA) is 82.6 Å². The second-order valence-electron chi connectivity index (χ2n) is 5.18. The summed E-state index contributed by atoms with van der Waals surface area (Å²) < 4.78 is 5.48. The van der Waals surface area contributed by atoms with Crippen LogP contribution in [-0.2, 0) is 0 Å². The summed E-state index contributed by atoms with van der Waals surface area (Å²) >= 11 is 6.21. The molecule has 114 valence electrons. The van der Waals surface area contributed by atoms with Gasteiger partial charge in [0.15, 0.2) is 5.76 Å². The molecule has 1 aliphatic rings. The van der Waals surface area contributed by atoms with Crippen molar-refractivity contribution in [2.45, 2.75) is 0 Å². The molecule has 0 fully saturated rings. The number of hydrogen-bond donors (Lipinski definition) is 3. The molecular weight excluding hydrogens is 318 g/mol. The summed E-state index contributed by atoms with van der Waals surface area (Å²) in [4.78, 5) is 15.5. The van der Waals surface area contributed by atoms with Crippen LogP contribution in [0.1, 0.15) is 15.9 Å². The highest BCUT2D eigenvalue weighted by Crippen LogP contribution is 2.41. The van der Waals surface area contributed by atoms with Crippen LogP contribution >= 0.6 is 11.6 Å². The van der Waals surface area contributed by atoms with Gasteiger partial charge < -0.3 is 19.9 Å². The Hall–Kier alpha value is -2.92. The summed E-state index contributed by atoms with van der Waals surface area (Å²) in [5, 5.41) is 20.7. The molecule has 0 unspecified atom stereocenters. The number of phenolic OH excluding ortho intramolecular Hbond substituents is 2. The van der Waals surface area contributed by atoms with Gasteiger partial charge in [0.25, 0.3) is 0 Å². The molecule has 2 aromatic carbocycles. The fourth-order valence-corrected chi connectivity index (χ4v) is 2.98. The van der Waals surface area contributed by atoms with E-state index in [4.69, 9.17) is 16.3 Å². The monoisotopic (exact) mass is 327 g/mol. The number of rotatable bonds is 1. The van der Waals surface area contributed by atoms with E-state index in [0.717, 1.165) is 17.0 Å². The summed E-state index contributed by atoms with van der Waals surface area (Å²) in [6, 6.07) is 7.85. The highest BCUT2D eigenvalue weighted by atomic mass is 35.5. The van der Waals surface area contributed by atoms with Crippen molar-refractivity contribution < 1.29 is 19.7 Å². The third-order valence-electron chi connectivity index (χ3n) is 3.71. The van der Waals surface area contributed by atoms with Gasteiger partial charge in [0.2, 0.25) is 5.78 Å². The molecule has 0 saturated heterocycles. The number of hydrogen-bond acceptors (Lipinski definition) is 4. The Kier molecular flexibility index (Phi) is 2.86. The first-order valence-corrected chi connectivity index (χ1v) is 7.18. The molecule has 4 rings (SSSR count).